The van der Waals surface area contributed by atoms with Crippen LogP contribution in [0.5, 0.6) is 0 Å². The Morgan fingerprint density at radius 3 is 2.48 bits per heavy atom. The summed E-state index contributed by atoms with van der Waals surface area (Å²) in [4.78, 5) is 0. The number of aryl methyl sites for hydroxylation is 2. The predicted molar refractivity (Wildman–Crippen MR) is 90.7 cm³/mol. The summed E-state index contributed by atoms with van der Waals surface area (Å²) >= 11 is 1.87. The molecule has 102 valence electrons. The second kappa shape index (κ2) is 4.68. The molecular formula is C19H16NS+. The Hall–Kier alpha value is -2.19. The van der Waals surface area contributed by atoms with Crippen LogP contribution in [0.4, 0.5) is 0 Å². The van der Waals surface area contributed by atoms with E-state index < -0.39 is 0 Å². The molecule has 0 fully saturated rings. The zero-order chi connectivity index (χ0) is 14.4. The lowest BCUT2D eigenvalue weighted by Gasteiger charge is -2.04. The fourth-order valence-electron chi connectivity index (χ4n) is 2.94. The van der Waals surface area contributed by atoms with Gasteiger partial charge in [-0.25, -0.2) is 4.57 Å². The lowest BCUT2D eigenvalue weighted by molar-refractivity contribution is -0.659. The molecular weight excluding hydrogens is 274 g/mol. The molecule has 0 bridgehead atoms. The van der Waals surface area contributed by atoms with Gasteiger partial charge in [-0.2, -0.15) is 0 Å². The van der Waals surface area contributed by atoms with E-state index in [1.807, 2.05) is 11.3 Å². The number of aromatic nitrogens is 1. The van der Waals surface area contributed by atoms with Crippen LogP contribution in [0.25, 0.3) is 31.4 Å². The molecule has 1 nitrogen and oxygen atoms in total. The average Bonchev–Trinajstić information content (AvgIpc) is 2.85. The second-order valence-corrected chi connectivity index (χ2v) is 6.54. The summed E-state index contributed by atoms with van der Waals surface area (Å²) in [6.07, 6.45) is 2.26. The summed E-state index contributed by atoms with van der Waals surface area (Å²) in [6, 6.07) is 19.5. The molecule has 0 atom stereocenters. The van der Waals surface area contributed by atoms with Crippen LogP contribution in [0.2, 0.25) is 0 Å². The Labute approximate surface area is 128 Å². The molecule has 2 heteroatoms. The van der Waals surface area contributed by atoms with Gasteiger partial charge in [0, 0.05) is 26.4 Å². The van der Waals surface area contributed by atoms with Crippen molar-refractivity contribution in [1.29, 1.82) is 0 Å². The highest BCUT2D eigenvalue weighted by atomic mass is 32.1. The summed E-state index contributed by atoms with van der Waals surface area (Å²) in [6.45, 7) is 2.17. The molecule has 2 aromatic carbocycles. The van der Waals surface area contributed by atoms with Crippen molar-refractivity contribution in [3.05, 3.63) is 66.4 Å². The monoisotopic (exact) mass is 290 g/mol. The lowest BCUT2D eigenvalue weighted by atomic mass is 10.0. The van der Waals surface area contributed by atoms with Crippen LogP contribution in [0, 0.1) is 6.92 Å². The number of benzene rings is 2. The first-order chi connectivity index (χ1) is 10.2. The van der Waals surface area contributed by atoms with Crippen molar-refractivity contribution in [2.24, 2.45) is 7.05 Å². The minimum absolute atomic E-state index is 1.27. The minimum Gasteiger partial charge on any atom is -0.200 e. The van der Waals surface area contributed by atoms with Crippen LogP contribution in [-0.4, -0.2) is 0 Å². The van der Waals surface area contributed by atoms with Gasteiger partial charge in [-0.3, -0.25) is 0 Å². The molecule has 0 amide bonds. The highest BCUT2D eigenvalue weighted by molar-refractivity contribution is 7.25. The van der Waals surface area contributed by atoms with Crippen molar-refractivity contribution >= 4 is 31.5 Å². The molecule has 0 aliphatic heterocycles. The number of pyridine rings is 1. The van der Waals surface area contributed by atoms with Crippen molar-refractivity contribution in [1.82, 2.24) is 0 Å². The fourth-order valence-corrected chi connectivity index (χ4v) is 4.06. The molecule has 2 heterocycles. The zero-order valence-corrected chi connectivity index (χ0v) is 12.9. The van der Waals surface area contributed by atoms with E-state index in [0.717, 1.165) is 0 Å². The first kappa shape index (κ1) is 12.5. The van der Waals surface area contributed by atoms with E-state index in [-0.39, 0.29) is 0 Å². The number of thiophene rings is 1. The molecule has 0 spiro atoms. The van der Waals surface area contributed by atoms with Gasteiger partial charge in [-0.1, -0.05) is 36.4 Å². The molecule has 0 saturated heterocycles. The van der Waals surface area contributed by atoms with E-state index in [1.54, 1.807) is 0 Å². The molecule has 4 aromatic rings. The maximum absolute atomic E-state index is 2.32. The molecule has 0 unspecified atom stereocenters. The molecule has 2 aromatic heterocycles. The van der Waals surface area contributed by atoms with E-state index in [4.69, 9.17) is 0 Å². The van der Waals surface area contributed by atoms with E-state index in [9.17, 15) is 0 Å². The van der Waals surface area contributed by atoms with Gasteiger partial charge < -0.3 is 0 Å². The van der Waals surface area contributed by atoms with Crippen LogP contribution in [0.15, 0.2) is 60.8 Å². The standard InChI is InChI=1S/C19H16NS/c1-13-7-3-4-8-14(13)17-11-19-16(12-20(17)2)15-9-5-6-10-18(15)21-19/h3-12H,1-2H3/q+1. The Bertz CT molecular complexity index is 966. The van der Waals surface area contributed by atoms with Gasteiger partial charge in [0.1, 0.15) is 7.05 Å². The van der Waals surface area contributed by atoms with Crippen molar-refractivity contribution < 1.29 is 4.57 Å². The van der Waals surface area contributed by atoms with Gasteiger partial charge in [0.05, 0.1) is 5.39 Å². The summed E-state index contributed by atoms with van der Waals surface area (Å²) in [7, 11) is 2.13. The van der Waals surface area contributed by atoms with E-state index in [2.05, 4.69) is 79.3 Å². The quantitative estimate of drug-likeness (QED) is 0.441. The third-order valence-corrected chi connectivity index (χ3v) is 5.19. The van der Waals surface area contributed by atoms with Crippen LogP contribution < -0.4 is 4.57 Å². The largest absolute Gasteiger partial charge is 0.213 e. The van der Waals surface area contributed by atoms with Gasteiger partial charge in [0.15, 0.2) is 6.20 Å². The van der Waals surface area contributed by atoms with Crippen molar-refractivity contribution in [3.63, 3.8) is 0 Å². The number of rotatable bonds is 1. The lowest BCUT2D eigenvalue weighted by Crippen LogP contribution is -2.30. The maximum Gasteiger partial charge on any atom is 0.213 e. The third-order valence-electron chi connectivity index (χ3n) is 4.05. The third kappa shape index (κ3) is 1.95. The van der Waals surface area contributed by atoms with Crippen LogP contribution in [0.1, 0.15) is 5.56 Å². The first-order valence-corrected chi connectivity index (χ1v) is 7.92. The molecule has 21 heavy (non-hydrogen) atoms. The van der Waals surface area contributed by atoms with Crippen LogP contribution >= 0.6 is 11.3 Å². The number of hydrogen-bond donors (Lipinski definition) is 0. The van der Waals surface area contributed by atoms with Gasteiger partial charge in [-0.15, -0.1) is 11.3 Å². The summed E-state index contributed by atoms with van der Waals surface area (Å²) < 4.78 is 4.95. The van der Waals surface area contributed by atoms with E-state index in [1.165, 1.54) is 37.0 Å². The molecule has 0 saturated carbocycles. The average molecular weight is 290 g/mol. The Balaban J connectivity index is 2.06. The van der Waals surface area contributed by atoms with Gasteiger partial charge in [0.25, 0.3) is 0 Å². The van der Waals surface area contributed by atoms with Crippen molar-refractivity contribution in [2.45, 2.75) is 6.92 Å². The number of fused-ring (bicyclic) bond motifs is 3. The smallest absolute Gasteiger partial charge is 0.200 e. The summed E-state index contributed by atoms with van der Waals surface area (Å²) in [5.74, 6) is 0. The normalized spacial score (nSPS) is 11.3. The van der Waals surface area contributed by atoms with Crippen molar-refractivity contribution in [2.75, 3.05) is 0 Å². The van der Waals surface area contributed by atoms with Crippen LogP contribution in [0.3, 0.4) is 0 Å². The summed E-state index contributed by atoms with van der Waals surface area (Å²) in [5.41, 5.74) is 3.89. The Morgan fingerprint density at radius 2 is 1.62 bits per heavy atom. The molecule has 0 aliphatic carbocycles. The minimum atomic E-state index is 1.27. The molecule has 0 aliphatic rings. The Morgan fingerprint density at radius 1 is 0.857 bits per heavy atom. The molecule has 0 N–H and O–H groups in total. The van der Waals surface area contributed by atoms with E-state index >= 15 is 0 Å². The zero-order valence-electron chi connectivity index (χ0n) is 12.1. The van der Waals surface area contributed by atoms with Gasteiger partial charge >= 0.3 is 0 Å². The Kier molecular flexibility index (Phi) is 2.79. The summed E-state index contributed by atoms with van der Waals surface area (Å²) in [5, 5.41) is 2.69. The molecule has 0 radical (unpaired) electrons. The van der Waals surface area contributed by atoms with Gasteiger partial charge in [0.2, 0.25) is 5.69 Å². The SMILES string of the molecule is Cc1ccccc1-c1cc2sc3ccccc3c2c[n+]1C. The first-order valence-electron chi connectivity index (χ1n) is 7.11. The highest BCUT2D eigenvalue weighted by Gasteiger charge is 2.16. The highest BCUT2D eigenvalue weighted by Crippen LogP contribution is 2.34. The maximum atomic E-state index is 2.32. The fraction of sp³-hybridized carbons (Fsp3) is 0.105. The number of nitrogens with zero attached hydrogens (tertiary/aromatic N) is 1. The topological polar surface area (TPSA) is 3.88 Å². The van der Waals surface area contributed by atoms with Crippen LogP contribution in [-0.2, 0) is 7.05 Å². The molecule has 4 rings (SSSR count). The predicted octanol–water partition coefficient (Wildman–Crippen LogP) is 4.85. The second-order valence-electron chi connectivity index (χ2n) is 5.46. The van der Waals surface area contributed by atoms with Gasteiger partial charge in [-0.05, 0) is 24.6 Å². The van der Waals surface area contributed by atoms with E-state index in [0.29, 0.717) is 0 Å². The number of hydrogen-bond acceptors (Lipinski definition) is 1. The van der Waals surface area contributed by atoms with Crippen molar-refractivity contribution in [3.8, 4) is 11.3 Å².